The Morgan fingerprint density at radius 1 is 1.33 bits per heavy atom. The van der Waals surface area contributed by atoms with Gasteiger partial charge in [0.2, 0.25) is 0 Å². The van der Waals surface area contributed by atoms with Crippen LogP contribution in [0.5, 0.6) is 0 Å². The van der Waals surface area contributed by atoms with E-state index >= 15 is 0 Å². The summed E-state index contributed by atoms with van der Waals surface area (Å²) < 4.78 is 30.5. The van der Waals surface area contributed by atoms with Crippen LogP contribution in [0.4, 0.5) is 0 Å². The summed E-state index contributed by atoms with van der Waals surface area (Å²) in [6, 6.07) is 6.72. The van der Waals surface area contributed by atoms with Crippen molar-refractivity contribution < 1.29 is 17.9 Å². The van der Waals surface area contributed by atoms with Crippen molar-refractivity contribution in [3.63, 3.8) is 0 Å². The van der Waals surface area contributed by atoms with Crippen LogP contribution < -0.4 is 0 Å². The van der Waals surface area contributed by atoms with Gasteiger partial charge in [-0.15, -0.1) is 0 Å². The molecule has 1 aromatic rings. The van der Waals surface area contributed by atoms with Crippen molar-refractivity contribution in [2.24, 2.45) is 0 Å². The number of rotatable bonds is 1. The molecule has 94 valence electrons. The second-order valence-electron chi connectivity index (χ2n) is 4.14. The van der Waals surface area contributed by atoms with Gasteiger partial charge in [0.05, 0.1) is 23.3 Å². The summed E-state index contributed by atoms with van der Waals surface area (Å²) >= 11 is 0. The Balaban J connectivity index is 2.31. The van der Waals surface area contributed by atoms with Crippen molar-refractivity contribution in [1.29, 1.82) is 0 Å². The maximum Gasteiger partial charge on any atom is 0.335 e. The molecule has 0 amide bonds. The third-order valence-electron chi connectivity index (χ3n) is 3.24. The summed E-state index contributed by atoms with van der Waals surface area (Å²) in [5.74, 6) is -0.459. The van der Waals surface area contributed by atoms with E-state index in [0.29, 0.717) is 29.8 Å². The molecule has 0 radical (unpaired) electrons. The number of fused-ring (bicyclic) bond motifs is 3. The first-order valence-corrected chi connectivity index (χ1v) is 6.95. The molecule has 0 bridgehead atoms. The highest BCUT2D eigenvalue weighted by Gasteiger charge is 2.44. The molecule has 0 N–H and O–H groups in total. The van der Waals surface area contributed by atoms with Gasteiger partial charge >= 0.3 is 5.97 Å². The van der Waals surface area contributed by atoms with E-state index < -0.39 is 16.0 Å². The topological polar surface area (TPSA) is 63.7 Å². The number of nitrogens with zero attached hydrogens (tertiary/aromatic N) is 1. The van der Waals surface area contributed by atoms with E-state index in [1.165, 1.54) is 11.4 Å². The van der Waals surface area contributed by atoms with Crippen molar-refractivity contribution in [1.82, 2.24) is 4.31 Å². The fourth-order valence-corrected chi connectivity index (χ4v) is 4.17. The first-order valence-electron chi connectivity index (χ1n) is 5.51. The summed E-state index contributed by atoms with van der Waals surface area (Å²) in [5, 5.41) is 0. The van der Waals surface area contributed by atoms with Crippen LogP contribution >= 0.6 is 0 Å². The smallest absolute Gasteiger partial charge is 0.335 e. The average molecular weight is 265 g/mol. The van der Waals surface area contributed by atoms with Gasteiger partial charge in [-0.2, -0.15) is 0 Å². The summed E-state index contributed by atoms with van der Waals surface area (Å²) in [7, 11) is -2.19. The minimum atomic E-state index is -3.49. The van der Waals surface area contributed by atoms with E-state index in [-0.39, 0.29) is 4.90 Å². The van der Waals surface area contributed by atoms with Gasteiger partial charge in [0.25, 0.3) is 10.0 Å². The number of hydrogen-bond acceptors (Lipinski definition) is 4. The highest BCUT2D eigenvalue weighted by Crippen LogP contribution is 2.44. The fraction of sp³-hybridized carbons (Fsp3) is 0.250. The van der Waals surface area contributed by atoms with E-state index in [9.17, 15) is 13.2 Å². The summed E-state index contributed by atoms with van der Waals surface area (Å²) in [4.78, 5) is 11.9. The molecule has 2 aliphatic heterocycles. The Morgan fingerprint density at radius 3 is 2.78 bits per heavy atom. The summed E-state index contributed by atoms with van der Waals surface area (Å²) in [6.07, 6.45) is 0.398. The third-order valence-corrected chi connectivity index (χ3v) is 5.10. The molecule has 18 heavy (non-hydrogen) atoms. The monoisotopic (exact) mass is 265 g/mol. The van der Waals surface area contributed by atoms with Crippen LogP contribution in [0.25, 0.3) is 5.70 Å². The molecule has 0 aliphatic carbocycles. The lowest BCUT2D eigenvalue weighted by Crippen LogP contribution is -2.20. The number of sulfonamides is 1. The number of hydrogen-bond donors (Lipinski definition) is 0. The minimum Gasteiger partial charge on any atom is -0.466 e. The average Bonchev–Trinajstić information content (AvgIpc) is 2.90. The van der Waals surface area contributed by atoms with Crippen LogP contribution in [-0.2, 0) is 19.6 Å². The van der Waals surface area contributed by atoms with Crippen molar-refractivity contribution in [3.8, 4) is 0 Å². The van der Waals surface area contributed by atoms with Crippen LogP contribution in [0.2, 0.25) is 0 Å². The fourth-order valence-electron chi connectivity index (χ4n) is 2.46. The maximum absolute atomic E-state index is 12.3. The van der Waals surface area contributed by atoms with Gasteiger partial charge in [-0.25, -0.2) is 13.2 Å². The van der Waals surface area contributed by atoms with Crippen molar-refractivity contribution >= 4 is 21.7 Å². The van der Waals surface area contributed by atoms with Gasteiger partial charge in [-0.05, 0) is 6.07 Å². The molecule has 1 aromatic carbocycles. The standard InChI is InChI=1S/C12H11NO4S/c1-17-12(14)9-6-7-13-11(9)8-4-2-3-5-10(8)18(13,15)16/h2-5H,6-7H2,1H3. The molecular formula is C12H11NO4S. The second kappa shape index (κ2) is 3.58. The molecule has 0 atom stereocenters. The first kappa shape index (κ1) is 11.3. The number of esters is 1. The van der Waals surface area contributed by atoms with Crippen LogP contribution in [0.1, 0.15) is 12.0 Å². The van der Waals surface area contributed by atoms with Gasteiger partial charge in [-0.1, -0.05) is 18.2 Å². The van der Waals surface area contributed by atoms with Gasteiger partial charge in [0.15, 0.2) is 0 Å². The molecule has 0 spiro atoms. The molecule has 0 saturated heterocycles. The first-order chi connectivity index (χ1) is 8.57. The third kappa shape index (κ3) is 1.26. The maximum atomic E-state index is 12.3. The van der Waals surface area contributed by atoms with Gasteiger partial charge in [0.1, 0.15) is 0 Å². The quantitative estimate of drug-likeness (QED) is 0.710. The molecule has 2 aliphatic rings. The van der Waals surface area contributed by atoms with Crippen LogP contribution in [0.15, 0.2) is 34.7 Å². The number of benzene rings is 1. The highest BCUT2D eigenvalue weighted by molar-refractivity contribution is 7.90. The lowest BCUT2D eigenvalue weighted by atomic mass is 10.1. The van der Waals surface area contributed by atoms with Gasteiger partial charge in [-0.3, -0.25) is 4.31 Å². The van der Waals surface area contributed by atoms with Gasteiger partial charge in [0, 0.05) is 18.5 Å². The van der Waals surface area contributed by atoms with E-state index in [1.807, 2.05) is 0 Å². The molecular weight excluding hydrogens is 254 g/mol. The summed E-state index contributed by atoms with van der Waals surface area (Å²) in [5.41, 5.74) is 1.51. The van der Waals surface area contributed by atoms with Crippen LogP contribution in [0.3, 0.4) is 0 Å². The number of methoxy groups -OCH3 is 1. The molecule has 2 heterocycles. The van der Waals surface area contributed by atoms with Gasteiger partial charge < -0.3 is 4.74 Å². The van der Waals surface area contributed by atoms with E-state index in [4.69, 9.17) is 4.74 Å². The van der Waals surface area contributed by atoms with E-state index in [2.05, 4.69) is 0 Å². The Hall–Kier alpha value is -1.82. The molecule has 6 heteroatoms. The number of carbonyl (C=O) groups excluding carboxylic acids is 1. The van der Waals surface area contributed by atoms with Crippen molar-refractivity contribution in [2.45, 2.75) is 11.3 Å². The largest absolute Gasteiger partial charge is 0.466 e. The normalized spacial score (nSPS) is 19.7. The lowest BCUT2D eigenvalue weighted by molar-refractivity contribution is -0.136. The Kier molecular flexibility index (Phi) is 2.25. The minimum absolute atomic E-state index is 0.265. The predicted molar refractivity (Wildman–Crippen MR) is 63.9 cm³/mol. The molecule has 0 saturated carbocycles. The highest BCUT2D eigenvalue weighted by atomic mass is 32.2. The molecule has 3 rings (SSSR count). The Bertz CT molecular complexity index is 675. The molecule has 5 nitrogen and oxygen atoms in total. The number of ether oxygens (including phenoxy) is 1. The lowest BCUT2D eigenvalue weighted by Gasteiger charge is -2.11. The van der Waals surface area contributed by atoms with E-state index in [0.717, 1.165) is 0 Å². The zero-order valence-electron chi connectivity index (χ0n) is 9.71. The molecule has 0 aromatic heterocycles. The van der Waals surface area contributed by atoms with Crippen molar-refractivity contribution in [2.75, 3.05) is 13.7 Å². The van der Waals surface area contributed by atoms with Crippen LogP contribution in [-0.4, -0.2) is 32.3 Å². The predicted octanol–water partition coefficient (Wildman–Crippen LogP) is 0.979. The number of carbonyl (C=O) groups is 1. The SMILES string of the molecule is COC(=O)C1=C2c3ccccc3S(=O)(=O)N2CC1. The molecule has 0 unspecified atom stereocenters. The Morgan fingerprint density at radius 2 is 2.06 bits per heavy atom. The van der Waals surface area contributed by atoms with E-state index in [1.54, 1.807) is 24.3 Å². The van der Waals surface area contributed by atoms with Crippen molar-refractivity contribution in [3.05, 3.63) is 35.4 Å². The molecule has 0 fully saturated rings. The zero-order chi connectivity index (χ0) is 12.9. The Labute approximate surface area is 105 Å². The summed E-state index contributed by atoms with van der Waals surface area (Å²) in [6.45, 7) is 0.302. The van der Waals surface area contributed by atoms with Crippen LogP contribution in [0, 0.1) is 0 Å². The zero-order valence-corrected chi connectivity index (χ0v) is 10.5. The second-order valence-corrected chi connectivity index (χ2v) is 5.97.